The Kier molecular flexibility index (Phi) is 5.46. The van der Waals surface area contributed by atoms with E-state index in [0.717, 1.165) is 5.56 Å². The lowest BCUT2D eigenvalue weighted by Gasteiger charge is -2.06. The molecule has 0 bridgehead atoms. The van der Waals surface area contributed by atoms with Gasteiger partial charge in [-0.15, -0.1) is 0 Å². The van der Waals surface area contributed by atoms with Crippen molar-refractivity contribution in [1.82, 2.24) is 10.6 Å². The molecule has 18 heavy (non-hydrogen) atoms. The molecule has 0 aliphatic heterocycles. The topological polar surface area (TPSA) is 126 Å². The van der Waals surface area contributed by atoms with Gasteiger partial charge in [0.15, 0.2) is 5.84 Å². The minimum Gasteiger partial charge on any atom is -0.409 e. The number of carbonyl (C=O) groups is 1. The van der Waals surface area contributed by atoms with E-state index in [4.69, 9.17) is 16.7 Å². The van der Waals surface area contributed by atoms with Gasteiger partial charge in [-0.05, 0) is 11.6 Å². The van der Waals surface area contributed by atoms with Crippen LogP contribution in [0.3, 0.4) is 0 Å². The number of benzene rings is 1. The number of urea groups is 1. The molecule has 7 heteroatoms. The van der Waals surface area contributed by atoms with Crippen LogP contribution in [-0.4, -0.2) is 30.2 Å². The fraction of sp³-hybridized carbons (Fsp3) is 0.273. The first-order valence-electron chi connectivity index (χ1n) is 5.44. The number of primary amides is 1. The first kappa shape index (κ1) is 13.8. The zero-order chi connectivity index (χ0) is 13.4. The first-order valence-corrected chi connectivity index (χ1v) is 5.44. The number of hydrogen-bond acceptors (Lipinski definition) is 4. The van der Waals surface area contributed by atoms with Gasteiger partial charge in [-0.3, -0.25) is 0 Å². The SMILES string of the molecule is NC(=O)NCCNCc1cccc(/C(N)=N/O)c1. The van der Waals surface area contributed by atoms with Crippen molar-refractivity contribution in [2.75, 3.05) is 13.1 Å². The minimum absolute atomic E-state index is 0.0762. The number of nitrogens with two attached hydrogens (primary N) is 2. The molecule has 0 aromatic heterocycles. The predicted molar refractivity (Wildman–Crippen MR) is 68.2 cm³/mol. The third-order valence-electron chi connectivity index (χ3n) is 2.26. The summed E-state index contributed by atoms with van der Waals surface area (Å²) in [6.07, 6.45) is 0. The van der Waals surface area contributed by atoms with Gasteiger partial charge in [0.2, 0.25) is 0 Å². The van der Waals surface area contributed by atoms with Gasteiger partial charge in [0.05, 0.1) is 0 Å². The molecule has 0 saturated heterocycles. The summed E-state index contributed by atoms with van der Waals surface area (Å²) in [6.45, 7) is 1.69. The maximum Gasteiger partial charge on any atom is 0.312 e. The molecule has 0 spiro atoms. The summed E-state index contributed by atoms with van der Waals surface area (Å²) in [5, 5.41) is 17.1. The highest BCUT2D eigenvalue weighted by Gasteiger charge is 2.00. The first-order chi connectivity index (χ1) is 8.63. The molecule has 0 aliphatic carbocycles. The molecule has 1 aromatic rings. The van der Waals surface area contributed by atoms with Crippen LogP contribution in [-0.2, 0) is 6.54 Å². The van der Waals surface area contributed by atoms with Crippen LogP contribution < -0.4 is 22.1 Å². The van der Waals surface area contributed by atoms with E-state index in [0.29, 0.717) is 25.2 Å². The molecule has 1 rings (SSSR count). The Morgan fingerprint density at radius 1 is 1.33 bits per heavy atom. The average Bonchev–Trinajstić information content (AvgIpc) is 2.37. The third kappa shape index (κ3) is 4.71. The Morgan fingerprint density at radius 2 is 2.11 bits per heavy atom. The Balaban J connectivity index is 2.41. The lowest BCUT2D eigenvalue weighted by atomic mass is 10.1. The average molecular weight is 251 g/mol. The molecular weight excluding hydrogens is 234 g/mol. The van der Waals surface area contributed by atoms with Crippen molar-refractivity contribution >= 4 is 11.9 Å². The summed E-state index contributed by atoms with van der Waals surface area (Å²) in [6, 6.07) is 6.79. The van der Waals surface area contributed by atoms with Crippen molar-refractivity contribution in [2.45, 2.75) is 6.54 Å². The van der Waals surface area contributed by atoms with Crippen LogP contribution in [0.15, 0.2) is 29.4 Å². The van der Waals surface area contributed by atoms with Crippen molar-refractivity contribution in [3.05, 3.63) is 35.4 Å². The van der Waals surface area contributed by atoms with E-state index in [2.05, 4.69) is 15.8 Å². The number of rotatable bonds is 6. The number of amidine groups is 1. The molecule has 98 valence electrons. The van der Waals surface area contributed by atoms with Crippen LogP contribution in [0.25, 0.3) is 0 Å². The van der Waals surface area contributed by atoms with Gasteiger partial charge in [0.1, 0.15) is 0 Å². The molecule has 0 aliphatic rings. The van der Waals surface area contributed by atoms with E-state index < -0.39 is 6.03 Å². The van der Waals surface area contributed by atoms with E-state index in [1.54, 1.807) is 6.07 Å². The van der Waals surface area contributed by atoms with Crippen LogP contribution in [0.1, 0.15) is 11.1 Å². The number of amides is 2. The van der Waals surface area contributed by atoms with Crippen LogP contribution in [0.2, 0.25) is 0 Å². The largest absolute Gasteiger partial charge is 0.409 e. The number of nitrogens with zero attached hydrogens (tertiary/aromatic N) is 1. The molecular formula is C11H17N5O2. The molecule has 0 atom stereocenters. The molecule has 7 nitrogen and oxygen atoms in total. The summed E-state index contributed by atoms with van der Waals surface area (Å²) < 4.78 is 0. The highest BCUT2D eigenvalue weighted by atomic mass is 16.4. The minimum atomic E-state index is -0.536. The molecule has 7 N–H and O–H groups in total. The molecule has 0 unspecified atom stereocenters. The second-order valence-corrected chi connectivity index (χ2v) is 3.65. The summed E-state index contributed by atoms with van der Waals surface area (Å²) in [5.41, 5.74) is 12.1. The summed E-state index contributed by atoms with van der Waals surface area (Å²) in [4.78, 5) is 10.4. The highest BCUT2D eigenvalue weighted by Crippen LogP contribution is 2.04. The second-order valence-electron chi connectivity index (χ2n) is 3.65. The molecule has 0 heterocycles. The van der Waals surface area contributed by atoms with E-state index in [-0.39, 0.29) is 5.84 Å². The van der Waals surface area contributed by atoms with Crippen LogP contribution in [0.5, 0.6) is 0 Å². The van der Waals surface area contributed by atoms with Crippen molar-refractivity contribution in [3.63, 3.8) is 0 Å². The standard InChI is InChI=1S/C11H17N5O2/c12-10(16-18)9-3-1-2-8(6-9)7-14-4-5-15-11(13)17/h1-3,6,14,18H,4-5,7H2,(H2,12,16)(H3,13,15,17). The van der Waals surface area contributed by atoms with Gasteiger partial charge >= 0.3 is 6.03 Å². The number of nitrogens with one attached hydrogen (secondary N) is 2. The Labute approximate surface area is 105 Å². The monoisotopic (exact) mass is 251 g/mol. The van der Waals surface area contributed by atoms with Gasteiger partial charge in [0, 0.05) is 25.2 Å². The van der Waals surface area contributed by atoms with Gasteiger partial charge < -0.3 is 27.3 Å². The zero-order valence-corrected chi connectivity index (χ0v) is 9.89. The maximum atomic E-state index is 10.4. The Bertz CT molecular complexity index is 433. The third-order valence-corrected chi connectivity index (χ3v) is 2.26. The fourth-order valence-electron chi connectivity index (χ4n) is 1.41. The number of oxime groups is 1. The van der Waals surface area contributed by atoms with Crippen molar-refractivity contribution in [2.24, 2.45) is 16.6 Å². The smallest absolute Gasteiger partial charge is 0.312 e. The second kappa shape index (κ2) is 7.13. The lowest BCUT2D eigenvalue weighted by molar-refractivity contribution is 0.249. The molecule has 2 amide bonds. The molecule has 0 saturated carbocycles. The van der Waals surface area contributed by atoms with Crippen LogP contribution in [0.4, 0.5) is 4.79 Å². The number of hydrogen-bond donors (Lipinski definition) is 5. The van der Waals surface area contributed by atoms with Crippen molar-refractivity contribution in [1.29, 1.82) is 0 Å². The van der Waals surface area contributed by atoms with E-state index in [9.17, 15) is 4.79 Å². The number of carbonyl (C=O) groups excluding carboxylic acids is 1. The van der Waals surface area contributed by atoms with E-state index in [1.807, 2.05) is 18.2 Å². The van der Waals surface area contributed by atoms with Gasteiger partial charge in [-0.25, -0.2) is 4.79 Å². The summed E-state index contributed by atoms with van der Waals surface area (Å²) >= 11 is 0. The molecule has 1 aromatic carbocycles. The Morgan fingerprint density at radius 3 is 2.78 bits per heavy atom. The van der Waals surface area contributed by atoms with Gasteiger partial charge in [-0.2, -0.15) is 0 Å². The lowest BCUT2D eigenvalue weighted by Crippen LogP contribution is -2.35. The maximum absolute atomic E-state index is 10.4. The van der Waals surface area contributed by atoms with Crippen LogP contribution in [0, 0.1) is 0 Å². The van der Waals surface area contributed by atoms with Crippen molar-refractivity contribution in [3.8, 4) is 0 Å². The van der Waals surface area contributed by atoms with E-state index >= 15 is 0 Å². The fourth-order valence-corrected chi connectivity index (χ4v) is 1.41. The zero-order valence-electron chi connectivity index (χ0n) is 9.89. The van der Waals surface area contributed by atoms with Crippen molar-refractivity contribution < 1.29 is 10.0 Å². The van der Waals surface area contributed by atoms with E-state index in [1.165, 1.54) is 0 Å². The quantitative estimate of drug-likeness (QED) is 0.154. The highest BCUT2D eigenvalue weighted by molar-refractivity contribution is 5.97. The normalized spacial score (nSPS) is 11.2. The Hall–Kier alpha value is -2.28. The van der Waals surface area contributed by atoms with Crippen LogP contribution >= 0.6 is 0 Å². The van der Waals surface area contributed by atoms with Gasteiger partial charge in [-0.1, -0.05) is 23.4 Å². The predicted octanol–water partition coefficient (Wildman–Crippen LogP) is -0.461. The van der Waals surface area contributed by atoms with Gasteiger partial charge in [0.25, 0.3) is 0 Å². The molecule has 0 fully saturated rings. The molecule has 0 radical (unpaired) electrons. The summed E-state index contributed by atoms with van der Waals surface area (Å²) in [5.74, 6) is 0.0762. The summed E-state index contributed by atoms with van der Waals surface area (Å²) in [7, 11) is 0.